The monoisotopic (exact) mass is 430 g/mol. The van der Waals surface area contributed by atoms with Gasteiger partial charge in [-0.1, -0.05) is 29.3 Å². The number of hydrogen-bond acceptors (Lipinski definition) is 4. The Balaban J connectivity index is 1.82. The summed E-state index contributed by atoms with van der Waals surface area (Å²) < 4.78 is 0. The van der Waals surface area contributed by atoms with Crippen LogP contribution in [0.15, 0.2) is 53.7 Å². The average molecular weight is 431 g/mol. The molecule has 0 aromatic heterocycles. The summed E-state index contributed by atoms with van der Waals surface area (Å²) in [7, 11) is 0. The summed E-state index contributed by atoms with van der Waals surface area (Å²) in [6.45, 7) is 0. The maximum atomic E-state index is 13.1. The molecular weight excluding hydrogens is 415 g/mol. The third kappa shape index (κ3) is 3.54. The number of rotatable bonds is 3. The first-order valence-electron chi connectivity index (χ1n) is 9.15. The smallest absolute Gasteiger partial charge is 0.269 e. The minimum atomic E-state index is -0.489. The van der Waals surface area contributed by atoms with E-state index < -0.39 is 4.92 Å². The van der Waals surface area contributed by atoms with E-state index in [4.69, 9.17) is 23.2 Å². The number of allylic oxidation sites excluding steroid dienone is 2. The zero-order valence-electron chi connectivity index (χ0n) is 15.2. The first-order valence-corrected chi connectivity index (χ1v) is 9.91. The van der Waals surface area contributed by atoms with Crippen molar-refractivity contribution < 1.29 is 14.5 Å². The molecule has 148 valence electrons. The molecule has 0 saturated carbocycles. The molecule has 29 heavy (non-hydrogen) atoms. The minimum Gasteiger partial charge on any atom is -0.294 e. The molecule has 1 heterocycles. The molecule has 1 aliphatic heterocycles. The number of anilines is 1. The van der Waals surface area contributed by atoms with E-state index >= 15 is 0 Å². The quantitative estimate of drug-likeness (QED) is 0.480. The Labute approximate surface area is 176 Å². The van der Waals surface area contributed by atoms with Crippen LogP contribution in [0.5, 0.6) is 0 Å². The number of hydrogen-bond donors (Lipinski definition) is 0. The van der Waals surface area contributed by atoms with Crippen molar-refractivity contribution in [1.82, 2.24) is 0 Å². The molecule has 1 unspecified atom stereocenters. The van der Waals surface area contributed by atoms with Gasteiger partial charge in [-0.05, 0) is 42.7 Å². The second-order valence-corrected chi connectivity index (χ2v) is 7.88. The highest BCUT2D eigenvalue weighted by molar-refractivity contribution is 6.42. The summed E-state index contributed by atoms with van der Waals surface area (Å²) in [4.78, 5) is 37.9. The van der Waals surface area contributed by atoms with E-state index in [2.05, 4.69) is 0 Å². The van der Waals surface area contributed by atoms with Crippen molar-refractivity contribution in [1.29, 1.82) is 0 Å². The van der Waals surface area contributed by atoms with E-state index in [-0.39, 0.29) is 29.7 Å². The summed E-state index contributed by atoms with van der Waals surface area (Å²) in [5.74, 6) is -0.528. The molecule has 2 aromatic carbocycles. The molecule has 0 fully saturated rings. The van der Waals surface area contributed by atoms with Gasteiger partial charge >= 0.3 is 0 Å². The van der Waals surface area contributed by atoms with Crippen molar-refractivity contribution in [2.75, 3.05) is 4.90 Å². The minimum absolute atomic E-state index is 0.0155. The van der Waals surface area contributed by atoms with Gasteiger partial charge in [0.1, 0.15) is 0 Å². The SMILES string of the molecule is O=C1CCCC2=C1C(c1ccc(Cl)c(Cl)c1)CC(=O)N2c1ccc([N+](=O)[O-])cc1. The van der Waals surface area contributed by atoms with Gasteiger partial charge in [-0.3, -0.25) is 24.6 Å². The molecular formula is C21H16Cl2N2O4. The zero-order valence-corrected chi connectivity index (χ0v) is 16.7. The van der Waals surface area contributed by atoms with Crippen LogP contribution in [0.1, 0.15) is 37.2 Å². The summed E-state index contributed by atoms with van der Waals surface area (Å²) in [6.07, 6.45) is 1.78. The Morgan fingerprint density at radius 1 is 1.00 bits per heavy atom. The first-order chi connectivity index (χ1) is 13.9. The normalized spacial score (nSPS) is 19.4. The van der Waals surface area contributed by atoms with Crippen molar-refractivity contribution in [3.05, 3.63) is 79.5 Å². The summed E-state index contributed by atoms with van der Waals surface area (Å²) in [5, 5.41) is 11.7. The molecule has 0 saturated heterocycles. The van der Waals surface area contributed by atoms with Crippen LogP contribution in [0.3, 0.4) is 0 Å². The number of nitro groups is 1. The predicted octanol–water partition coefficient (Wildman–Crippen LogP) is 5.43. The van der Waals surface area contributed by atoms with Crippen LogP contribution in [-0.4, -0.2) is 16.6 Å². The van der Waals surface area contributed by atoms with Crippen LogP contribution in [0.4, 0.5) is 11.4 Å². The molecule has 0 bridgehead atoms. The van der Waals surface area contributed by atoms with Gasteiger partial charge in [0.2, 0.25) is 5.91 Å². The molecule has 8 heteroatoms. The van der Waals surface area contributed by atoms with Crippen LogP contribution in [0, 0.1) is 10.1 Å². The predicted molar refractivity (Wildman–Crippen MR) is 110 cm³/mol. The van der Waals surface area contributed by atoms with E-state index in [9.17, 15) is 19.7 Å². The van der Waals surface area contributed by atoms with Crippen molar-refractivity contribution in [2.45, 2.75) is 31.6 Å². The first kappa shape index (κ1) is 19.6. The Morgan fingerprint density at radius 2 is 1.72 bits per heavy atom. The van der Waals surface area contributed by atoms with E-state index in [0.29, 0.717) is 46.3 Å². The van der Waals surface area contributed by atoms with Crippen molar-refractivity contribution in [2.24, 2.45) is 0 Å². The highest BCUT2D eigenvalue weighted by Gasteiger charge is 2.39. The summed E-state index contributed by atoms with van der Waals surface area (Å²) in [6, 6.07) is 11.0. The Kier molecular flexibility index (Phi) is 5.15. The maximum absolute atomic E-state index is 13.1. The molecule has 4 rings (SSSR count). The average Bonchev–Trinajstić information content (AvgIpc) is 2.70. The van der Waals surface area contributed by atoms with Gasteiger partial charge in [0.15, 0.2) is 5.78 Å². The van der Waals surface area contributed by atoms with Crippen LogP contribution >= 0.6 is 23.2 Å². The fourth-order valence-corrected chi connectivity index (χ4v) is 4.34. The number of Topliss-reactive ketones (excluding diaryl/α,β-unsaturated/α-hetero) is 1. The molecule has 2 aliphatic rings. The molecule has 2 aromatic rings. The topological polar surface area (TPSA) is 80.5 Å². The molecule has 1 aliphatic carbocycles. The highest BCUT2D eigenvalue weighted by atomic mass is 35.5. The summed E-state index contributed by atoms with van der Waals surface area (Å²) in [5.41, 5.74) is 2.53. The Hall–Kier alpha value is -2.70. The lowest BCUT2D eigenvalue weighted by Crippen LogP contribution is -2.40. The van der Waals surface area contributed by atoms with Gasteiger partial charge in [0, 0.05) is 47.8 Å². The maximum Gasteiger partial charge on any atom is 0.269 e. The number of ketones is 1. The molecule has 6 nitrogen and oxygen atoms in total. The number of carbonyl (C=O) groups is 2. The van der Waals surface area contributed by atoms with Crippen LogP contribution in [-0.2, 0) is 9.59 Å². The molecule has 0 radical (unpaired) electrons. The largest absolute Gasteiger partial charge is 0.294 e. The fourth-order valence-electron chi connectivity index (χ4n) is 4.03. The van der Waals surface area contributed by atoms with E-state index in [1.165, 1.54) is 17.0 Å². The van der Waals surface area contributed by atoms with Gasteiger partial charge in [-0.25, -0.2) is 0 Å². The molecule has 1 amide bonds. The van der Waals surface area contributed by atoms with Gasteiger partial charge in [0.25, 0.3) is 5.69 Å². The van der Waals surface area contributed by atoms with Crippen molar-refractivity contribution in [3.63, 3.8) is 0 Å². The third-order valence-electron chi connectivity index (χ3n) is 5.34. The highest BCUT2D eigenvalue weighted by Crippen LogP contribution is 2.44. The molecule has 1 atom stereocenters. The standard InChI is InChI=1S/C21H16Cl2N2O4/c22-16-9-4-12(10-17(16)23)15-11-20(27)24(18-2-1-3-19(26)21(15)18)13-5-7-14(8-6-13)25(28)29/h4-10,15H,1-3,11H2. The van der Waals surface area contributed by atoms with Crippen molar-refractivity contribution >= 4 is 46.3 Å². The Bertz CT molecular complexity index is 1060. The molecule has 0 spiro atoms. The lowest BCUT2D eigenvalue weighted by Gasteiger charge is -2.38. The van der Waals surface area contributed by atoms with Crippen LogP contribution in [0.2, 0.25) is 10.0 Å². The lowest BCUT2D eigenvalue weighted by atomic mass is 9.77. The van der Waals surface area contributed by atoms with Gasteiger partial charge in [-0.15, -0.1) is 0 Å². The second-order valence-electron chi connectivity index (χ2n) is 7.07. The number of carbonyl (C=O) groups excluding carboxylic acids is 2. The Morgan fingerprint density at radius 3 is 2.38 bits per heavy atom. The number of nitro benzene ring substituents is 1. The number of non-ortho nitro benzene ring substituents is 1. The van der Waals surface area contributed by atoms with E-state index in [0.717, 1.165) is 5.56 Å². The number of nitrogens with zero attached hydrogens (tertiary/aromatic N) is 2. The summed E-state index contributed by atoms with van der Waals surface area (Å²) >= 11 is 12.2. The second kappa shape index (κ2) is 7.61. The molecule has 0 N–H and O–H groups in total. The zero-order chi connectivity index (χ0) is 20.7. The number of amides is 1. The van der Waals surface area contributed by atoms with Crippen LogP contribution in [0.25, 0.3) is 0 Å². The number of benzene rings is 2. The fraction of sp³-hybridized carbons (Fsp3) is 0.238. The van der Waals surface area contributed by atoms with Crippen LogP contribution < -0.4 is 4.90 Å². The van der Waals surface area contributed by atoms with Crippen molar-refractivity contribution in [3.8, 4) is 0 Å². The van der Waals surface area contributed by atoms with E-state index in [1.807, 2.05) is 0 Å². The third-order valence-corrected chi connectivity index (χ3v) is 6.08. The van der Waals surface area contributed by atoms with E-state index in [1.54, 1.807) is 30.3 Å². The van der Waals surface area contributed by atoms with Gasteiger partial charge in [0.05, 0.1) is 15.0 Å². The number of halogens is 2. The lowest BCUT2D eigenvalue weighted by molar-refractivity contribution is -0.384. The van der Waals surface area contributed by atoms with Gasteiger partial charge < -0.3 is 0 Å². The van der Waals surface area contributed by atoms with Gasteiger partial charge in [-0.2, -0.15) is 0 Å².